The van der Waals surface area contributed by atoms with E-state index in [0.717, 1.165) is 16.6 Å². The van der Waals surface area contributed by atoms with E-state index in [1.165, 1.54) is 104 Å². The summed E-state index contributed by atoms with van der Waals surface area (Å²) in [6, 6.07) is 67.0. The van der Waals surface area contributed by atoms with Crippen molar-refractivity contribution in [2.45, 2.75) is 19.3 Å². The second kappa shape index (κ2) is 11.5. The van der Waals surface area contributed by atoms with E-state index in [-0.39, 0.29) is 5.41 Å². The van der Waals surface area contributed by atoms with Crippen LogP contribution in [0, 0.1) is 0 Å². The normalized spacial score (nSPS) is 13.3. The first kappa shape index (κ1) is 31.4. The Morgan fingerprint density at radius 2 is 0.929 bits per heavy atom. The number of hydrogen-bond donors (Lipinski definition) is 0. The van der Waals surface area contributed by atoms with Crippen molar-refractivity contribution in [1.82, 2.24) is 0 Å². The topological polar surface area (TPSA) is 13.1 Å². The summed E-state index contributed by atoms with van der Waals surface area (Å²) in [6.45, 7) is 4.79. The highest BCUT2D eigenvalue weighted by atomic mass is 16.3. The van der Waals surface area contributed by atoms with E-state index in [0.29, 0.717) is 0 Å². The molecule has 10 aromatic carbocycles. The predicted molar refractivity (Wildman–Crippen MR) is 238 cm³/mol. The molecule has 1 heterocycles. The highest BCUT2D eigenvalue weighted by Gasteiger charge is 2.38. The molecular formula is C55H36O. The lowest BCUT2D eigenvalue weighted by atomic mass is 9.79. The molecule has 0 radical (unpaired) electrons. The Bertz CT molecular complexity index is 3380. The fourth-order valence-corrected chi connectivity index (χ4v) is 10.2. The molecule has 1 aromatic heterocycles. The number of fused-ring (bicyclic) bond motifs is 12. The van der Waals surface area contributed by atoms with Gasteiger partial charge in [0.25, 0.3) is 0 Å². The van der Waals surface area contributed by atoms with Crippen LogP contribution in [0.25, 0.3) is 110 Å². The maximum atomic E-state index is 6.68. The molecule has 1 aliphatic carbocycles. The van der Waals surface area contributed by atoms with Gasteiger partial charge in [-0.3, -0.25) is 0 Å². The molecule has 1 nitrogen and oxygen atoms in total. The molecule has 1 heteroatoms. The molecule has 1 aliphatic rings. The first-order chi connectivity index (χ1) is 27.6. The summed E-state index contributed by atoms with van der Waals surface area (Å²) in [6.07, 6.45) is 0. The standard InChI is InChI=1S/C55H36O/c1-55(2)48-32-35(25-26-40(48)46-30-31-49-52(53(46)55)47-27-24-34-16-6-7-17-37(34)54(47)56-49)50-41-20-10-12-22-43(41)51(44-23-13-11-21-42(44)50)45-29-28-36(33-14-4-3-5-15-33)38-18-8-9-19-39(38)45/h3-32H,1-2H3. The molecular weight excluding hydrogens is 677 g/mol. The minimum absolute atomic E-state index is 0.242. The summed E-state index contributed by atoms with van der Waals surface area (Å²) in [5.74, 6) is 0. The number of furan rings is 1. The summed E-state index contributed by atoms with van der Waals surface area (Å²) in [4.78, 5) is 0. The van der Waals surface area contributed by atoms with E-state index in [1.807, 2.05) is 0 Å². The van der Waals surface area contributed by atoms with Crippen LogP contribution >= 0.6 is 0 Å². The molecule has 0 saturated heterocycles. The maximum absolute atomic E-state index is 6.68. The van der Waals surface area contributed by atoms with Gasteiger partial charge in [-0.1, -0.05) is 178 Å². The molecule has 11 aromatic rings. The van der Waals surface area contributed by atoms with Gasteiger partial charge in [-0.25, -0.2) is 0 Å². The second-order valence-electron chi connectivity index (χ2n) is 15.9. The molecule has 12 rings (SSSR count). The van der Waals surface area contributed by atoms with Crippen LogP contribution in [0.5, 0.6) is 0 Å². The summed E-state index contributed by atoms with van der Waals surface area (Å²) >= 11 is 0. The van der Waals surface area contributed by atoms with Crippen molar-refractivity contribution >= 4 is 65.0 Å². The van der Waals surface area contributed by atoms with Gasteiger partial charge in [0.15, 0.2) is 0 Å². The van der Waals surface area contributed by atoms with Gasteiger partial charge >= 0.3 is 0 Å². The Morgan fingerprint density at radius 3 is 1.64 bits per heavy atom. The van der Waals surface area contributed by atoms with Crippen molar-refractivity contribution in [3.05, 3.63) is 193 Å². The Labute approximate surface area is 325 Å². The lowest BCUT2D eigenvalue weighted by Gasteiger charge is -2.24. The Morgan fingerprint density at radius 1 is 0.375 bits per heavy atom. The smallest absolute Gasteiger partial charge is 0.143 e. The first-order valence-corrected chi connectivity index (χ1v) is 19.6. The predicted octanol–water partition coefficient (Wildman–Crippen LogP) is 15.5. The van der Waals surface area contributed by atoms with Gasteiger partial charge in [-0.15, -0.1) is 0 Å². The Kier molecular flexibility index (Phi) is 6.46. The van der Waals surface area contributed by atoms with E-state index in [9.17, 15) is 0 Å². The first-order valence-electron chi connectivity index (χ1n) is 19.6. The zero-order chi connectivity index (χ0) is 37.1. The quantitative estimate of drug-likeness (QED) is 0.166. The number of benzene rings is 10. The van der Waals surface area contributed by atoms with Gasteiger partial charge in [0.2, 0.25) is 0 Å². The third-order valence-corrected chi connectivity index (χ3v) is 12.6. The molecule has 0 saturated carbocycles. The Hall–Kier alpha value is -6.96. The summed E-state index contributed by atoms with van der Waals surface area (Å²) in [7, 11) is 0. The molecule has 56 heavy (non-hydrogen) atoms. The van der Waals surface area contributed by atoms with Gasteiger partial charge in [-0.2, -0.15) is 0 Å². The van der Waals surface area contributed by atoms with Crippen molar-refractivity contribution in [2.75, 3.05) is 0 Å². The fraction of sp³-hybridized carbons (Fsp3) is 0.0545. The van der Waals surface area contributed by atoms with Crippen LogP contribution < -0.4 is 0 Å². The van der Waals surface area contributed by atoms with Crippen molar-refractivity contribution in [3.8, 4) is 44.5 Å². The van der Waals surface area contributed by atoms with E-state index < -0.39 is 0 Å². The van der Waals surface area contributed by atoms with Crippen LogP contribution in [0.3, 0.4) is 0 Å². The highest BCUT2D eigenvalue weighted by molar-refractivity contribution is 6.24. The molecule has 0 aliphatic heterocycles. The third-order valence-electron chi connectivity index (χ3n) is 12.6. The van der Waals surface area contributed by atoms with Crippen LogP contribution in [-0.2, 0) is 5.41 Å². The van der Waals surface area contributed by atoms with Gasteiger partial charge in [-0.05, 0) is 112 Å². The van der Waals surface area contributed by atoms with E-state index in [2.05, 4.69) is 196 Å². The summed E-state index contributed by atoms with van der Waals surface area (Å²) in [5.41, 5.74) is 14.6. The average molecular weight is 713 g/mol. The maximum Gasteiger partial charge on any atom is 0.143 e. The molecule has 0 bridgehead atoms. The van der Waals surface area contributed by atoms with Gasteiger partial charge in [0.1, 0.15) is 11.2 Å². The molecule has 262 valence electrons. The monoisotopic (exact) mass is 712 g/mol. The van der Waals surface area contributed by atoms with E-state index in [4.69, 9.17) is 4.42 Å². The molecule has 0 fully saturated rings. The lowest BCUT2D eigenvalue weighted by Crippen LogP contribution is -2.15. The molecule has 0 N–H and O–H groups in total. The fourth-order valence-electron chi connectivity index (χ4n) is 10.2. The summed E-state index contributed by atoms with van der Waals surface area (Å²) < 4.78 is 6.68. The minimum atomic E-state index is -0.242. The van der Waals surface area contributed by atoms with Crippen molar-refractivity contribution in [2.24, 2.45) is 0 Å². The van der Waals surface area contributed by atoms with Crippen LogP contribution in [0.15, 0.2) is 186 Å². The molecule has 0 atom stereocenters. The van der Waals surface area contributed by atoms with Crippen LogP contribution in [0.1, 0.15) is 25.0 Å². The van der Waals surface area contributed by atoms with Crippen molar-refractivity contribution in [3.63, 3.8) is 0 Å². The zero-order valence-corrected chi connectivity index (χ0v) is 31.2. The Balaban J connectivity index is 1.09. The molecule has 0 amide bonds. The SMILES string of the molecule is CC1(C)c2cc(-c3c4ccccc4c(-c4ccc(-c5ccccc5)c5ccccc45)c4ccccc34)ccc2-c2ccc3oc4c5ccccc5ccc4c3c21. The van der Waals surface area contributed by atoms with Crippen molar-refractivity contribution in [1.29, 1.82) is 0 Å². The van der Waals surface area contributed by atoms with Crippen LogP contribution in [0.4, 0.5) is 0 Å². The van der Waals surface area contributed by atoms with Gasteiger partial charge < -0.3 is 4.42 Å². The molecule has 0 spiro atoms. The summed E-state index contributed by atoms with van der Waals surface area (Å²) in [5, 5.41) is 12.4. The lowest BCUT2D eigenvalue weighted by molar-refractivity contribution is 0.658. The van der Waals surface area contributed by atoms with Gasteiger partial charge in [0.05, 0.1) is 0 Å². The largest absolute Gasteiger partial charge is 0.455 e. The molecule has 0 unspecified atom stereocenters. The van der Waals surface area contributed by atoms with E-state index >= 15 is 0 Å². The third kappa shape index (κ3) is 4.26. The number of hydrogen-bond acceptors (Lipinski definition) is 1. The second-order valence-corrected chi connectivity index (χ2v) is 15.9. The zero-order valence-electron chi connectivity index (χ0n) is 31.2. The average Bonchev–Trinajstić information content (AvgIpc) is 3.74. The van der Waals surface area contributed by atoms with Crippen LogP contribution in [-0.4, -0.2) is 0 Å². The van der Waals surface area contributed by atoms with Crippen molar-refractivity contribution < 1.29 is 4.42 Å². The minimum Gasteiger partial charge on any atom is -0.455 e. The number of rotatable bonds is 3. The van der Waals surface area contributed by atoms with Gasteiger partial charge in [0, 0.05) is 21.6 Å². The highest BCUT2D eigenvalue weighted by Crippen LogP contribution is 2.55. The van der Waals surface area contributed by atoms with Crippen LogP contribution in [0.2, 0.25) is 0 Å². The van der Waals surface area contributed by atoms with E-state index in [1.54, 1.807) is 0 Å².